The third kappa shape index (κ3) is 4.78. The molecule has 27 heavy (non-hydrogen) atoms. The molecule has 1 aliphatic heterocycles. The number of benzene rings is 1. The Hall–Kier alpha value is -1.68. The molecule has 0 radical (unpaired) electrons. The normalized spacial score (nSPS) is 23.5. The van der Waals surface area contributed by atoms with Gasteiger partial charge in [-0.1, -0.05) is 12.8 Å². The van der Waals surface area contributed by atoms with Gasteiger partial charge in [0.1, 0.15) is 10.6 Å². The molecule has 1 saturated heterocycles. The van der Waals surface area contributed by atoms with Crippen molar-refractivity contribution in [1.82, 2.24) is 15.4 Å². The Balaban J connectivity index is 1.74. The molecule has 2 unspecified atom stereocenters. The van der Waals surface area contributed by atoms with Crippen LogP contribution in [0.2, 0.25) is 0 Å². The highest BCUT2D eigenvalue weighted by molar-refractivity contribution is 7.89. The van der Waals surface area contributed by atoms with Gasteiger partial charge in [-0.3, -0.25) is 4.79 Å². The fourth-order valence-electron chi connectivity index (χ4n) is 3.61. The van der Waals surface area contributed by atoms with Gasteiger partial charge in [-0.25, -0.2) is 13.1 Å². The third-order valence-electron chi connectivity index (χ3n) is 5.22. The Morgan fingerprint density at radius 1 is 1.30 bits per heavy atom. The van der Waals surface area contributed by atoms with E-state index in [4.69, 9.17) is 4.74 Å². The highest BCUT2D eigenvalue weighted by Crippen LogP contribution is 2.27. The molecule has 1 heterocycles. The Morgan fingerprint density at radius 3 is 2.67 bits per heavy atom. The lowest BCUT2D eigenvalue weighted by molar-refractivity contribution is 0.0927. The lowest BCUT2D eigenvalue weighted by Crippen LogP contribution is -2.35. The molecule has 1 saturated carbocycles. The standard InChI is InChI=1S/C18H27N3O5S/c1-26-16-7-6-12(18(23)20-10-13-9-19-11-15(13)22)8-17(16)27(24,25)21-14-4-2-3-5-14/h6-8,13-15,19,21-22H,2-5,9-11H2,1H3,(H,20,23). The lowest BCUT2D eigenvalue weighted by Gasteiger charge is -2.17. The van der Waals surface area contributed by atoms with E-state index in [1.807, 2.05) is 0 Å². The Bertz CT molecular complexity index is 777. The predicted octanol–water partition coefficient (Wildman–Crippen LogP) is 0.226. The van der Waals surface area contributed by atoms with Crippen molar-refractivity contribution >= 4 is 15.9 Å². The van der Waals surface area contributed by atoms with Crippen LogP contribution in [-0.2, 0) is 10.0 Å². The summed E-state index contributed by atoms with van der Waals surface area (Å²) < 4.78 is 33.5. The summed E-state index contributed by atoms with van der Waals surface area (Å²) in [6.07, 6.45) is 3.16. The van der Waals surface area contributed by atoms with Crippen LogP contribution in [0.1, 0.15) is 36.0 Å². The van der Waals surface area contributed by atoms with E-state index < -0.39 is 16.1 Å². The molecule has 3 rings (SSSR count). The summed E-state index contributed by atoms with van der Waals surface area (Å²) in [6, 6.07) is 4.29. The molecule has 8 nitrogen and oxygen atoms in total. The average Bonchev–Trinajstić information content (AvgIpc) is 3.30. The zero-order chi connectivity index (χ0) is 19.4. The summed E-state index contributed by atoms with van der Waals surface area (Å²) in [5.41, 5.74) is 0.239. The van der Waals surface area contributed by atoms with E-state index in [9.17, 15) is 18.3 Å². The first-order valence-electron chi connectivity index (χ1n) is 9.28. The quantitative estimate of drug-likeness (QED) is 0.523. The second kappa shape index (κ2) is 8.55. The van der Waals surface area contributed by atoms with Gasteiger partial charge >= 0.3 is 0 Å². The molecular formula is C18H27N3O5S. The van der Waals surface area contributed by atoms with Crippen molar-refractivity contribution in [1.29, 1.82) is 0 Å². The van der Waals surface area contributed by atoms with E-state index in [2.05, 4.69) is 15.4 Å². The summed E-state index contributed by atoms with van der Waals surface area (Å²) in [5.74, 6) is -0.235. The summed E-state index contributed by atoms with van der Waals surface area (Å²) in [4.78, 5) is 12.4. The van der Waals surface area contributed by atoms with Gasteiger partial charge in [0.15, 0.2) is 0 Å². The monoisotopic (exact) mass is 397 g/mol. The first-order chi connectivity index (χ1) is 12.9. The van der Waals surface area contributed by atoms with Gasteiger partial charge in [-0.05, 0) is 31.0 Å². The smallest absolute Gasteiger partial charge is 0.251 e. The number of β-amino-alcohol motifs (C(OH)–C–C–N with tert-alkyl or cyclic N) is 1. The number of nitrogens with one attached hydrogen (secondary N) is 3. The number of amides is 1. The van der Waals surface area contributed by atoms with Crippen LogP contribution in [-0.4, -0.2) is 58.3 Å². The molecule has 150 valence electrons. The fraction of sp³-hybridized carbons (Fsp3) is 0.611. The largest absolute Gasteiger partial charge is 0.495 e. The van der Waals surface area contributed by atoms with Gasteiger partial charge in [0, 0.05) is 37.2 Å². The molecule has 1 aromatic rings. The van der Waals surface area contributed by atoms with Gasteiger partial charge in [0.05, 0.1) is 13.2 Å². The van der Waals surface area contributed by atoms with Gasteiger partial charge < -0.3 is 20.5 Å². The minimum atomic E-state index is -3.79. The van der Waals surface area contributed by atoms with Gasteiger partial charge in [0.25, 0.3) is 5.91 Å². The number of methoxy groups -OCH3 is 1. The topological polar surface area (TPSA) is 117 Å². The maximum absolute atomic E-state index is 12.8. The van der Waals surface area contributed by atoms with Crippen molar-refractivity contribution in [2.75, 3.05) is 26.7 Å². The van der Waals surface area contributed by atoms with Gasteiger partial charge in [0.2, 0.25) is 10.0 Å². The molecular weight excluding hydrogens is 370 g/mol. The van der Waals surface area contributed by atoms with E-state index in [1.165, 1.54) is 25.3 Å². The van der Waals surface area contributed by atoms with E-state index in [1.54, 1.807) is 0 Å². The van der Waals surface area contributed by atoms with Crippen LogP contribution < -0.4 is 20.1 Å². The zero-order valence-corrected chi connectivity index (χ0v) is 16.2. The average molecular weight is 397 g/mol. The van der Waals surface area contributed by atoms with Crippen molar-refractivity contribution in [2.45, 2.75) is 42.7 Å². The van der Waals surface area contributed by atoms with Crippen molar-refractivity contribution in [3.63, 3.8) is 0 Å². The third-order valence-corrected chi connectivity index (χ3v) is 6.76. The Morgan fingerprint density at radius 2 is 2.04 bits per heavy atom. The van der Waals surface area contributed by atoms with Gasteiger partial charge in [-0.2, -0.15) is 0 Å². The predicted molar refractivity (Wildman–Crippen MR) is 100 cm³/mol. The Labute approximate surface area is 159 Å². The lowest BCUT2D eigenvalue weighted by atomic mass is 10.1. The molecule has 0 spiro atoms. The summed E-state index contributed by atoms with van der Waals surface area (Å²) in [5, 5.41) is 15.6. The second-order valence-electron chi connectivity index (χ2n) is 7.16. The molecule has 1 amide bonds. The number of carbonyl (C=O) groups excluding carboxylic acids is 1. The highest BCUT2D eigenvalue weighted by Gasteiger charge is 2.28. The highest BCUT2D eigenvalue weighted by atomic mass is 32.2. The molecule has 1 aliphatic carbocycles. The minimum absolute atomic E-state index is 0.0351. The SMILES string of the molecule is COc1ccc(C(=O)NCC2CNCC2O)cc1S(=O)(=O)NC1CCCC1. The van der Waals surface area contributed by atoms with Crippen LogP contribution in [0.25, 0.3) is 0 Å². The molecule has 0 aromatic heterocycles. The number of hydrogen-bond acceptors (Lipinski definition) is 6. The molecule has 2 fully saturated rings. The zero-order valence-electron chi connectivity index (χ0n) is 15.4. The first kappa shape index (κ1) is 20.1. The van der Waals surface area contributed by atoms with Crippen LogP contribution >= 0.6 is 0 Å². The minimum Gasteiger partial charge on any atom is -0.495 e. The van der Waals surface area contributed by atoms with Crippen LogP contribution in [0.15, 0.2) is 23.1 Å². The van der Waals surface area contributed by atoms with E-state index >= 15 is 0 Å². The number of aliphatic hydroxyl groups excluding tert-OH is 1. The summed E-state index contributed by atoms with van der Waals surface area (Å²) in [6.45, 7) is 1.47. The van der Waals surface area contributed by atoms with Crippen LogP contribution in [0.3, 0.4) is 0 Å². The summed E-state index contributed by atoms with van der Waals surface area (Å²) >= 11 is 0. The van der Waals surface area contributed by atoms with E-state index in [-0.39, 0.29) is 34.1 Å². The van der Waals surface area contributed by atoms with Gasteiger partial charge in [-0.15, -0.1) is 0 Å². The van der Waals surface area contributed by atoms with E-state index in [0.717, 1.165) is 25.7 Å². The van der Waals surface area contributed by atoms with Crippen molar-refractivity contribution in [3.8, 4) is 5.75 Å². The second-order valence-corrected chi connectivity index (χ2v) is 8.85. The number of hydrogen-bond donors (Lipinski definition) is 4. The molecule has 2 aliphatic rings. The summed E-state index contributed by atoms with van der Waals surface area (Å²) in [7, 11) is -2.39. The van der Waals surface area contributed by atoms with E-state index in [0.29, 0.717) is 19.6 Å². The molecule has 0 bridgehead atoms. The first-order valence-corrected chi connectivity index (χ1v) is 10.8. The van der Waals surface area contributed by atoms with Crippen molar-refractivity contribution < 1.29 is 23.1 Å². The van der Waals surface area contributed by atoms with Crippen LogP contribution in [0.4, 0.5) is 0 Å². The fourth-order valence-corrected chi connectivity index (χ4v) is 5.11. The molecule has 4 N–H and O–H groups in total. The molecule has 2 atom stereocenters. The number of aliphatic hydroxyl groups is 1. The maximum atomic E-state index is 12.8. The Kier molecular flexibility index (Phi) is 6.36. The van der Waals surface area contributed by atoms with Crippen molar-refractivity contribution in [2.24, 2.45) is 5.92 Å². The van der Waals surface area contributed by atoms with Crippen LogP contribution in [0, 0.1) is 5.92 Å². The number of carbonyl (C=O) groups is 1. The number of sulfonamides is 1. The molecule has 1 aromatic carbocycles. The number of ether oxygens (including phenoxy) is 1. The number of rotatable bonds is 7. The van der Waals surface area contributed by atoms with Crippen LogP contribution in [0.5, 0.6) is 5.75 Å². The van der Waals surface area contributed by atoms with Crippen molar-refractivity contribution in [3.05, 3.63) is 23.8 Å². The maximum Gasteiger partial charge on any atom is 0.251 e. The molecule has 9 heteroatoms.